The predicted molar refractivity (Wildman–Crippen MR) is 130 cm³/mol. The largest absolute Gasteiger partial charge is 2.00 e. The average Bonchev–Trinajstić information content (AvgIpc) is 3.40. The van der Waals surface area contributed by atoms with E-state index >= 15 is 0 Å². The molecule has 0 unspecified atom stereocenters. The first kappa shape index (κ1) is 27.8. The Labute approximate surface area is 230 Å². The summed E-state index contributed by atoms with van der Waals surface area (Å²) in [5, 5.41) is 0. The third-order valence-corrected chi connectivity index (χ3v) is 6.61. The minimum Gasteiger partial charge on any atom is -1.00 e. The fourth-order valence-electron chi connectivity index (χ4n) is 4.96. The monoisotopic (exact) mass is 550 g/mol. The zero-order valence-electron chi connectivity index (χ0n) is 19.0. The van der Waals surface area contributed by atoms with Crippen LogP contribution in [0.3, 0.4) is 0 Å². The van der Waals surface area contributed by atoms with Crippen LogP contribution in [-0.4, -0.2) is 0 Å². The van der Waals surface area contributed by atoms with Gasteiger partial charge < -0.3 is 24.8 Å². The van der Waals surface area contributed by atoms with Crippen molar-refractivity contribution in [2.75, 3.05) is 0 Å². The molecule has 0 aromatic heterocycles. The Balaban J connectivity index is 0.00000128. The molecule has 3 aromatic rings. The molecule has 0 saturated heterocycles. The van der Waals surface area contributed by atoms with E-state index < -0.39 is 0 Å². The molecule has 0 aliphatic heterocycles. The predicted octanol–water partition coefficient (Wildman–Crippen LogP) is 2.04. The summed E-state index contributed by atoms with van der Waals surface area (Å²) in [4.78, 5) is 0. The maximum Gasteiger partial charge on any atom is 2.00 e. The molecule has 0 spiro atoms. The van der Waals surface area contributed by atoms with Crippen LogP contribution in [0.15, 0.2) is 72.8 Å². The molecule has 0 nitrogen and oxygen atoms in total. The van der Waals surface area contributed by atoms with E-state index in [1.807, 2.05) is 0 Å². The smallest absolute Gasteiger partial charge is 1.00 e. The number of fused-ring (bicyclic) bond motifs is 4. The van der Waals surface area contributed by atoms with Crippen molar-refractivity contribution in [3.8, 4) is 11.1 Å². The summed E-state index contributed by atoms with van der Waals surface area (Å²) in [6.45, 7) is 0. The molecule has 0 N–H and O–H groups in total. The SMILES string of the molecule is C(=Cc1cccc2c1CC=C2)CCCCCCc1ccc2c(c1)-c1ccccc1C2.[Cl-].[Cl-].[Zr+2]. The first-order valence-corrected chi connectivity index (χ1v) is 11.5. The summed E-state index contributed by atoms with van der Waals surface area (Å²) in [5.41, 5.74) is 11.7. The fraction of sp³-hybridized carbons (Fsp3) is 0.267. The van der Waals surface area contributed by atoms with Gasteiger partial charge in [-0.2, -0.15) is 0 Å². The van der Waals surface area contributed by atoms with Crippen LogP contribution in [0.25, 0.3) is 23.3 Å². The second-order valence-corrected chi connectivity index (χ2v) is 8.70. The van der Waals surface area contributed by atoms with Crippen molar-refractivity contribution in [3.63, 3.8) is 0 Å². The molecular weight excluding hydrogens is 522 g/mol. The Kier molecular flexibility index (Phi) is 11.4. The minimum absolute atomic E-state index is 0. The molecule has 0 atom stereocenters. The van der Waals surface area contributed by atoms with Gasteiger partial charge >= 0.3 is 26.2 Å². The third kappa shape index (κ3) is 6.60. The van der Waals surface area contributed by atoms with Gasteiger partial charge in [-0.3, -0.25) is 0 Å². The van der Waals surface area contributed by atoms with Crippen LogP contribution in [0.2, 0.25) is 0 Å². The van der Waals surface area contributed by atoms with Crippen LogP contribution >= 0.6 is 0 Å². The summed E-state index contributed by atoms with van der Waals surface area (Å²) in [5.74, 6) is 0. The normalized spacial score (nSPS) is 12.4. The first-order valence-electron chi connectivity index (χ1n) is 11.5. The molecular formula is C30H30Cl2Zr. The molecule has 3 heteroatoms. The Bertz CT molecular complexity index is 1110. The maximum atomic E-state index is 2.44. The molecule has 0 bridgehead atoms. The van der Waals surface area contributed by atoms with Crippen molar-refractivity contribution in [2.45, 2.75) is 51.4 Å². The van der Waals surface area contributed by atoms with Gasteiger partial charge in [0.15, 0.2) is 0 Å². The topological polar surface area (TPSA) is 0 Å². The second-order valence-electron chi connectivity index (χ2n) is 8.70. The number of unbranched alkanes of at least 4 members (excludes halogenated alkanes) is 4. The Hall–Kier alpha value is -1.40. The van der Waals surface area contributed by atoms with Crippen molar-refractivity contribution < 1.29 is 51.0 Å². The Morgan fingerprint density at radius 2 is 1.58 bits per heavy atom. The zero-order valence-corrected chi connectivity index (χ0v) is 23.0. The first-order chi connectivity index (χ1) is 14.9. The van der Waals surface area contributed by atoms with Crippen LogP contribution in [0.1, 0.15) is 65.5 Å². The van der Waals surface area contributed by atoms with Gasteiger partial charge in [0.1, 0.15) is 0 Å². The van der Waals surface area contributed by atoms with Crippen LogP contribution in [0, 0.1) is 0 Å². The van der Waals surface area contributed by atoms with E-state index in [9.17, 15) is 0 Å². The standard InChI is InChI=1S/C30H30.2ClH.Zr/c1(2-4-6-12-24-14-9-15-25-16-10-18-28(24)25)3-5-11-23-19-20-27-22-26-13-7-8-17-29(26)30(27)21-23;;;/h6-10,12-17,19-21H,1-5,11,18,22H2;2*1H;/q;;;+2/p-2. The van der Waals surface area contributed by atoms with Crippen LogP contribution in [-0.2, 0) is 45.5 Å². The van der Waals surface area contributed by atoms with E-state index in [0.717, 1.165) is 12.8 Å². The van der Waals surface area contributed by atoms with Gasteiger partial charge in [-0.15, -0.1) is 0 Å². The number of allylic oxidation sites excluding steroid dienone is 2. The summed E-state index contributed by atoms with van der Waals surface area (Å²) >= 11 is 0. The molecule has 33 heavy (non-hydrogen) atoms. The molecule has 0 fully saturated rings. The maximum absolute atomic E-state index is 2.44. The number of hydrogen-bond donors (Lipinski definition) is 0. The summed E-state index contributed by atoms with van der Waals surface area (Å²) in [6, 6.07) is 22.6. The van der Waals surface area contributed by atoms with Gasteiger partial charge in [0, 0.05) is 0 Å². The van der Waals surface area contributed by atoms with Crippen LogP contribution in [0.4, 0.5) is 0 Å². The number of benzene rings is 3. The van der Waals surface area contributed by atoms with Gasteiger partial charge in [0.05, 0.1) is 0 Å². The Morgan fingerprint density at radius 1 is 0.758 bits per heavy atom. The van der Waals surface area contributed by atoms with Crippen LogP contribution in [0.5, 0.6) is 0 Å². The van der Waals surface area contributed by atoms with Crippen molar-refractivity contribution in [1.82, 2.24) is 0 Å². The van der Waals surface area contributed by atoms with Crippen molar-refractivity contribution in [3.05, 3.63) is 106 Å². The van der Waals surface area contributed by atoms with Crippen molar-refractivity contribution in [1.29, 1.82) is 0 Å². The fourth-order valence-corrected chi connectivity index (χ4v) is 4.96. The van der Waals surface area contributed by atoms with E-state index in [4.69, 9.17) is 0 Å². The van der Waals surface area contributed by atoms with Gasteiger partial charge in [0.25, 0.3) is 0 Å². The number of hydrogen-bond acceptors (Lipinski definition) is 0. The summed E-state index contributed by atoms with van der Waals surface area (Å²) < 4.78 is 0. The molecule has 0 amide bonds. The number of aryl methyl sites for hydroxylation is 1. The van der Waals surface area contributed by atoms with Gasteiger partial charge in [-0.25, -0.2) is 0 Å². The van der Waals surface area contributed by atoms with Gasteiger partial charge in [-0.05, 0) is 83.0 Å². The second kappa shape index (κ2) is 13.5. The molecule has 0 saturated carbocycles. The van der Waals surface area contributed by atoms with E-state index in [0.29, 0.717) is 0 Å². The van der Waals surface area contributed by atoms with Gasteiger partial charge in [-0.1, -0.05) is 97.8 Å². The quantitative estimate of drug-likeness (QED) is 0.294. The molecule has 168 valence electrons. The molecule has 3 aromatic carbocycles. The van der Waals surface area contributed by atoms with E-state index in [1.54, 1.807) is 0 Å². The summed E-state index contributed by atoms with van der Waals surface area (Å²) in [7, 11) is 0. The third-order valence-electron chi connectivity index (χ3n) is 6.61. The van der Waals surface area contributed by atoms with E-state index in [2.05, 4.69) is 85.0 Å². The molecule has 2 aliphatic rings. The van der Waals surface area contributed by atoms with Crippen LogP contribution < -0.4 is 24.8 Å². The van der Waals surface area contributed by atoms with Gasteiger partial charge in [0.2, 0.25) is 0 Å². The Morgan fingerprint density at radius 3 is 2.48 bits per heavy atom. The molecule has 2 aliphatic carbocycles. The summed E-state index contributed by atoms with van der Waals surface area (Å²) in [6.07, 6.45) is 19.0. The molecule has 5 rings (SSSR count). The van der Waals surface area contributed by atoms with E-state index in [1.165, 1.54) is 83.0 Å². The molecule has 0 radical (unpaired) electrons. The minimum atomic E-state index is 0. The van der Waals surface area contributed by atoms with Crippen molar-refractivity contribution >= 4 is 12.2 Å². The molecule has 0 heterocycles. The van der Waals surface area contributed by atoms with Crippen molar-refractivity contribution in [2.24, 2.45) is 0 Å². The van der Waals surface area contributed by atoms with E-state index in [-0.39, 0.29) is 51.0 Å². The average molecular weight is 553 g/mol. The number of rotatable bonds is 8. The zero-order chi connectivity index (χ0) is 20.2. The number of halogens is 2.